The molecule has 2 aromatic carbocycles. The largest absolute Gasteiger partial charge is 0.419 e. The fourth-order valence-electron chi connectivity index (χ4n) is 3.20. The Labute approximate surface area is 168 Å². The molecule has 0 radical (unpaired) electrons. The minimum Gasteiger partial charge on any atom is -0.348 e. The van der Waals surface area contributed by atoms with Gasteiger partial charge in [0, 0.05) is 5.56 Å². The minimum atomic E-state index is -5.04. The number of amides is 2. The van der Waals surface area contributed by atoms with E-state index < -0.39 is 53.1 Å². The van der Waals surface area contributed by atoms with Gasteiger partial charge in [0.15, 0.2) is 0 Å². The smallest absolute Gasteiger partial charge is 0.348 e. The SMILES string of the molecule is C[C@@H](NC(=O)C1CC(=O)NC(c2ccccc2)N1)c1cc(F)c(C(F)(F)F)cc1F. The van der Waals surface area contributed by atoms with Crippen LogP contribution in [0.4, 0.5) is 22.0 Å². The summed E-state index contributed by atoms with van der Waals surface area (Å²) in [6.07, 6.45) is -5.85. The summed E-state index contributed by atoms with van der Waals surface area (Å²) in [5, 5.41) is 8.06. The van der Waals surface area contributed by atoms with Crippen LogP contribution in [-0.4, -0.2) is 17.9 Å². The highest BCUT2D eigenvalue weighted by Crippen LogP contribution is 2.33. The van der Waals surface area contributed by atoms with Crippen molar-refractivity contribution in [3.05, 3.63) is 70.8 Å². The Balaban J connectivity index is 1.74. The van der Waals surface area contributed by atoms with Gasteiger partial charge in [-0.3, -0.25) is 14.9 Å². The van der Waals surface area contributed by atoms with E-state index >= 15 is 0 Å². The lowest BCUT2D eigenvalue weighted by Gasteiger charge is -2.32. The molecule has 0 saturated carbocycles. The summed E-state index contributed by atoms with van der Waals surface area (Å²) < 4.78 is 66.1. The summed E-state index contributed by atoms with van der Waals surface area (Å²) in [6.45, 7) is 1.31. The molecule has 2 unspecified atom stereocenters. The van der Waals surface area contributed by atoms with Crippen molar-refractivity contribution in [2.75, 3.05) is 0 Å². The fourth-order valence-corrected chi connectivity index (χ4v) is 3.20. The van der Waals surface area contributed by atoms with Gasteiger partial charge in [0.2, 0.25) is 11.8 Å². The molecule has 2 amide bonds. The zero-order valence-electron chi connectivity index (χ0n) is 15.7. The highest BCUT2D eigenvalue weighted by atomic mass is 19.4. The Bertz CT molecular complexity index is 949. The third-order valence-corrected chi connectivity index (χ3v) is 4.73. The molecule has 0 bridgehead atoms. The van der Waals surface area contributed by atoms with Gasteiger partial charge in [-0.25, -0.2) is 8.78 Å². The van der Waals surface area contributed by atoms with Gasteiger partial charge in [-0.15, -0.1) is 0 Å². The average Bonchev–Trinajstić information content (AvgIpc) is 2.68. The molecular formula is C20H18F5N3O2. The Morgan fingerprint density at radius 2 is 1.80 bits per heavy atom. The van der Waals surface area contributed by atoms with Crippen LogP contribution in [-0.2, 0) is 15.8 Å². The first-order valence-electron chi connectivity index (χ1n) is 9.03. The topological polar surface area (TPSA) is 70.2 Å². The van der Waals surface area contributed by atoms with Gasteiger partial charge in [0.25, 0.3) is 0 Å². The van der Waals surface area contributed by atoms with Crippen LogP contribution in [0.25, 0.3) is 0 Å². The second kappa shape index (κ2) is 8.39. The standard InChI is InChI=1S/C20H18F5N3O2/c1-10(12-7-15(22)13(8-14(12)21)20(23,24)25)26-19(30)16-9-17(29)28-18(27-16)11-5-3-2-4-6-11/h2-8,10,16,18,27H,9H2,1H3,(H,26,30)(H,28,29)/t10-,16?,18?/m1/s1. The van der Waals surface area contributed by atoms with Crippen LogP contribution in [0.15, 0.2) is 42.5 Å². The van der Waals surface area contributed by atoms with Gasteiger partial charge in [-0.2, -0.15) is 13.2 Å². The number of rotatable bonds is 4. The molecule has 0 aromatic heterocycles. The molecular weight excluding hydrogens is 409 g/mol. The molecule has 5 nitrogen and oxygen atoms in total. The van der Waals surface area contributed by atoms with Gasteiger partial charge in [0.05, 0.1) is 24.1 Å². The van der Waals surface area contributed by atoms with Crippen molar-refractivity contribution >= 4 is 11.8 Å². The maximum atomic E-state index is 14.2. The molecule has 10 heteroatoms. The first-order chi connectivity index (χ1) is 14.1. The average molecular weight is 427 g/mol. The van der Waals surface area contributed by atoms with E-state index in [9.17, 15) is 31.5 Å². The van der Waals surface area contributed by atoms with Crippen molar-refractivity contribution in [1.82, 2.24) is 16.0 Å². The second-order valence-corrected chi connectivity index (χ2v) is 6.92. The number of hydrogen-bond donors (Lipinski definition) is 3. The normalized spacial score (nSPS) is 20.4. The van der Waals surface area contributed by atoms with E-state index in [0.29, 0.717) is 11.6 Å². The third kappa shape index (κ3) is 4.76. The highest BCUT2D eigenvalue weighted by Gasteiger charge is 2.36. The van der Waals surface area contributed by atoms with Crippen LogP contribution in [0, 0.1) is 11.6 Å². The molecule has 1 fully saturated rings. The van der Waals surface area contributed by atoms with Crippen molar-refractivity contribution in [1.29, 1.82) is 0 Å². The van der Waals surface area contributed by atoms with Crippen LogP contribution >= 0.6 is 0 Å². The van der Waals surface area contributed by atoms with Crippen LogP contribution in [0.3, 0.4) is 0 Å². The van der Waals surface area contributed by atoms with Crippen molar-refractivity contribution in [3.63, 3.8) is 0 Å². The van der Waals surface area contributed by atoms with Crippen molar-refractivity contribution in [3.8, 4) is 0 Å². The van der Waals surface area contributed by atoms with E-state index in [0.717, 1.165) is 0 Å². The van der Waals surface area contributed by atoms with Crippen molar-refractivity contribution in [2.24, 2.45) is 0 Å². The lowest BCUT2D eigenvalue weighted by atomic mass is 10.0. The third-order valence-electron chi connectivity index (χ3n) is 4.73. The van der Waals surface area contributed by atoms with Gasteiger partial charge < -0.3 is 10.6 Å². The molecule has 3 atom stereocenters. The lowest BCUT2D eigenvalue weighted by Crippen LogP contribution is -2.56. The number of nitrogens with one attached hydrogen (secondary N) is 3. The number of hydrogen-bond acceptors (Lipinski definition) is 3. The minimum absolute atomic E-state index is 0.0606. The van der Waals surface area contributed by atoms with E-state index in [1.165, 1.54) is 6.92 Å². The molecule has 0 aliphatic carbocycles. The van der Waals surface area contributed by atoms with Gasteiger partial charge >= 0.3 is 6.18 Å². The van der Waals surface area contributed by atoms with E-state index in [-0.39, 0.29) is 18.4 Å². The van der Waals surface area contributed by atoms with Crippen LogP contribution in [0.2, 0.25) is 0 Å². The number of halogens is 5. The van der Waals surface area contributed by atoms with E-state index in [1.54, 1.807) is 30.3 Å². The molecule has 160 valence electrons. The Morgan fingerprint density at radius 1 is 1.13 bits per heavy atom. The predicted molar refractivity (Wildman–Crippen MR) is 96.8 cm³/mol. The van der Waals surface area contributed by atoms with Crippen LogP contribution in [0.1, 0.15) is 42.2 Å². The second-order valence-electron chi connectivity index (χ2n) is 6.92. The highest BCUT2D eigenvalue weighted by molar-refractivity contribution is 5.89. The van der Waals surface area contributed by atoms with Crippen molar-refractivity contribution < 1.29 is 31.5 Å². The van der Waals surface area contributed by atoms with E-state index in [2.05, 4.69) is 16.0 Å². The monoisotopic (exact) mass is 427 g/mol. The molecule has 0 spiro atoms. The fraction of sp³-hybridized carbons (Fsp3) is 0.300. The molecule has 1 saturated heterocycles. The summed E-state index contributed by atoms with van der Waals surface area (Å²) in [4.78, 5) is 24.6. The Morgan fingerprint density at radius 3 is 2.43 bits per heavy atom. The van der Waals surface area contributed by atoms with E-state index in [1.807, 2.05) is 0 Å². The van der Waals surface area contributed by atoms with Gasteiger partial charge in [-0.05, 0) is 24.6 Å². The Kier molecular flexibility index (Phi) is 6.06. The molecule has 30 heavy (non-hydrogen) atoms. The number of carbonyl (C=O) groups is 2. The predicted octanol–water partition coefficient (Wildman–Crippen LogP) is 3.34. The summed E-state index contributed by atoms with van der Waals surface area (Å²) in [7, 11) is 0. The first kappa shape index (κ1) is 21.7. The number of alkyl halides is 3. The maximum absolute atomic E-state index is 14.2. The number of carbonyl (C=O) groups excluding carboxylic acids is 2. The first-order valence-corrected chi connectivity index (χ1v) is 9.03. The Hall–Kier alpha value is -3.01. The zero-order valence-corrected chi connectivity index (χ0v) is 15.7. The molecule has 3 rings (SSSR count). The quantitative estimate of drug-likeness (QED) is 0.656. The maximum Gasteiger partial charge on any atom is 0.419 e. The molecule has 1 heterocycles. The molecule has 3 N–H and O–H groups in total. The summed E-state index contributed by atoms with van der Waals surface area (Å²) in [5.74, 6) is -3.99. The van der Waals surface area contributed by atoms with E-state index in [4.69, 9.17) is 0 Å². The molecule has 1 aliphatic heterocycles. The van der Waals surface area contributed by atoms with Crippen LogP contribution < -0.4 is 16.0 Å². The summed E-state index contributed by atoms with van der Waals surface area (Å²) in [6, 6.07) is 7.19. The lowest BCUT2D eigenvalue weighted by molar-refractivity contribution is -0.140. The zero-order chi connectivity index (χ0) is 22.1. The van der Waals surface area contributed by atoms with Gasteiger partial charge in [0.1, 0.15) is 17.8 Å². The van der Waals surface area contributed by atoms with Crippen LogP contribution in [0.5, 0.6) is 0 Å². The molecule has 1 aliphatic rings. The summed E-state index contributed by atoms with van der Waals surface area (Å²) >= 11 is 0. The summed E-state index contributed by atoms with van der Waals surface area (Å²) in [5.41, 5.74) is -1.44. The van der Waals surface area contributed by atoms with Gasteiger partial charge in [-0.1, -0.05) is 30.3 Å². The number of benzene rings is 2. The molecule has 2 aromatic rings. The van der Waals surface area contributed by atoms with Crippen molar-refractivity contribution in [2.45, 2.75) is 37.8 Å².